The Labute approximate surface area is 127 Å². The van der Waals surface area contributed by atoms with Crippen molar-refractivity contribution in [3.63, 3.8) is 0 Å². The Bertz CT molecular complexity index is 326. The molecule has 0 aromatic carbocycles. The van der Waals surface area contributed by atoms with Crippen LogP contribution in [0.15, 0.2) is 36.8 Å². The molecule has 0 amide bonds. The second-order valence-corrected chi connectivity index (χ2v) is 10.8. The Morgan fingerprint density at radius 1 is 1.00 bits per heavy atom. The third-order valence-corrected chi connectivity index (χ3v) is 3.78. The van der Waals surface area contributed by atoms with Gasteiger partial charge in [0.15, 0.2) is 0 Å². The van der Waals surface area contributed by atoms with E-state index >= 15 is 0 Å². The Balaban J connectivity index is 5.03. The molecule has 2 nitrogen and oxygen atoms in total. The zero-order valence-corrected chi connectivity index (χ0v) is 15.2. The van der Waals surface area contributed by atoms with E-state index < -0.39 is 8.32 Å². The van der Waals surface area contributed by atoms with Crippen molar-refractivity contribution in [2.24, 2.45) is 0 Å². The summed E-state index contributed by atoms with van der Waals surface area (Å²) in [6.07, 6.45) is 10.4. The van der Waals surface area contributed by atoms with Crippen molar-refractivity contribution < 1.29 is 4.43 Å². The van der Waals surface area contributed by atoms with Crippen LogP contribution in [0.1, 0.15) is 38.5 Å². The quantitative estimate of drug-likeness (QED) is 0.221. The van der Waals surface area contributed by atoms with Gasteiger partial charge in [-0.15, -0.1) is 13.2 Å². The molecule has 0 fully saturated rings. The van der Waals surface area contributed by atoms with Crippen LogP contribution in [0.3, 0.4) is 0 Å². The first kappa shape index (κ1) is 19.0. The van der Waals surface area contributed by atoms with Gasteiger partial charge in [0.1, 0.15) is 0 Å². The van der Waals surface area contributed by atoms with Crippen LogP contribution >= 0.6 is 0 Å². The third-order valence-electron chi connectivity index (χ3n) is 2.93. The summed E-state index contributed by atoms with van der Waals surface area (Å²) in [5.41, 5.74) is 1.35. The molecule has 0 spiro atoms. The lowest BCUT2D eigenvalue weighted by Crippen LogP contribution is -2.27. The molecule has 20 heavy (non-hydrogen) atoms. The molecule has 0 N–H and O–H groups in total. The van der Waals surface area contributed by atoms with Crippen LogP contribution in [-0.4, -0.2) is 27.3 Å². The van der Waals surface area contributed by atoms with Gasteiger partial charge in [0, 0.05) is 26.2 Å². The van der Waals surface area contributed by atoms with Gasteiger partial charge in [0.2, 0.25) is 8.32 Å². The predicted octanol–water partition coefficient (Wildman–Crippen LogP) is 5.32. The van der Waals surface area contributed by atoms with Gasteiger partial charge in [-0.1, -0.05) is 12.2 Å². The number of hydrogen-bond acceptors (Lipinski definition) is 2. The fourth-order valence-corrected chi connectivity index (χ4v) is 3.02. The Morgan fingerprint density at radius 3 is 1.90 bits per heavy atom. The van der Waals surface area contributed by atoms with Gasteiger partial charge in [0.25, 0.3) is 0 Å². The molecular formula is C17H33NOSi. The van der Waals surface area contributed by atoms with Crippen LogP contribution in [0.25, 0.3) is 0 Å². The fourth-order valence-electron chi connectivity index (χ4n) is 2.06. The average molecular weight is 296 g/mol. The summed E-state index contributed by atoms with van der Waals surface area (Å²) in [5, 5.41) is 0. The SMILES string of the molecule is C=CCCC/C(O[Si](C)(C)C)=C(/CCCC=C)N(C)C. The standard InChI is InChI=1S/C17H33NOSi/c1-8-10-12-14-16(18(3)4)17(15-13-11-9-2)19-20(5,6)7/h8-9H,1-2,10-15H2,3-7H3/b17-16+. The van der Waals surface area contributed by atoms with E-state index in [0.717, 1.165) is 38.5 Å². The van der Waals surface area contributed by atoms with Crippen LogP contribution < -0.4 is 0 Å². The maximum absolute atomic E-state index is 6.36. The van der Waals surface area contributed by atoms with E-state index in [1.54, 1.807) is 0 Å². The smallest absolute Gasteiger partial charge is 0.241 e. The highest BCUT2D eigenvalue weighted by molar-refractivity contribution is 6.70. The van der Waals surface area contributed by atoms with Crippen LogP contribution in [0.5, 0.6) is 0 Å². The molecule has 0 aliphatic carbocycles. The zero-order chi connectivity index (χ0) is 15.6. The summed E-state index contributed by atoms with van der Waals surface area (Å²) in [7, 11) is 2.66. The summed E-state index contributed by atoms with van der Waals surface area (Å²) >= 11 is 0. The van der Waals surface area contributed by atoms with Crippen molar-refractivity contribution in [1.82, 2.24) is 4.90 Å². The van der Waals surface area contributed by atoms with Gasteiger partial charge in [-0.2, -0.15) is 0 Å². The van der Waals surface area contributed by atoms with E-state index in [4.69, 9.17) is 4.43 Å². The second kappa shape index (κ2) is 9.86. The first-order chi connectivity index (χ1) is 9.31. The van der Waals surface area contributed by atoms with Crippen LogP contribution in [0.2, 0.25) is 19.6 Å². The van der Waals surface area contributed by atoms with Gasteiger partial charge in [-0.05, 0) is 51.7 Å². The second-order valence-electron chi connectivity index (χ2n) is 6.34. The third kappa shape index (κ3) is 9.02. The molecule has 3 heteroatoms. The lowest BCUT2D eigenvalue weighted by molar-refractivity contribution is 0.348. The highest BCUT2D eigenvalue weighted by atomic mass is 28.4. The molecule has 0 atom stereocenters. The van der Waals surface area contributed by atoms with Crippen molar-refractivity contribution >= 4 is 8.32 Å². The molecule has 0 heterocycles. The van der Waals surface area contributed by atoms with E-state index in [-0.39, 0.29) is 0 Å². The number of allylic oxidation sites excluding steroid dienone is 4. The largest absolute Gasteiger partial charge is 0.546 e. The molecular weight excluding hydrogens is 262 g/mol. The van der Waals surface area contributed by atoms with Gasteiger partial charge >= 0.3 is 0 Å². The molecule has 116 valence electrons. The Morgan fingerprint density at radius 2 is 1.50 bits per heavy atom. The van der Waals surface area contributed by atoms with Gasteiger partial charge < -0.3 is 9.33 Å². The topological polar surface area (TPSA) is 12.5 Å². The predicted molar refractivity (Wildman–Crippen MR) is 93.2 cm³/mol. The molecule has 0 rings (SSSR count). The Kier molecular flexibility index (Phi) is 9.39. The molecule has 0 saturated carbocycles. The first-order valence-corrected chi connectivity index (χ1v) is 11.0. The summed E-state index contributed by atoms with van der Waals surface area (Å²) in [6, 6.07) is 0. The molecule has 0 aliphatic heterocycles. The summed E-state index contributed by atoms with van der Waals surface area (Å²) in [4.78, 5) is 2.21. The molecule has 0 radical (unpaired) electrons. The maximum atomic E-state index is 6.36. The minimum Gasteiger partial charge on any atom is -0.546 e. The van der Waals surface area contributed by atoms with Crippen molar-refractivity contribution in [2.45, 2.75) is 58.2 Å². The van der Waals surface area contributed by atoms with Gasteiger partial charge in [-0.25, -0.2) is 0 Å². The van der Waals surface area contributed by atoms with Crippen molar-refractivity contribution in [1.29, 1.82) is 0 Å². The lowest BCUT2D eigenvalue weighted by Gasteiger charge is -2.28. The summed E-state index contributed by atoms with van der Waals surface area (Å²) < 4.78 is 6.36. The van der Waals surface area contributed by atoms with E-state index in [9.17, 15) is 0 Å². The minimum absolute atomic E-state index is 1.01. The highest BCUT2D eigenvalue weighted by Gasteiger charge is 2.20. The lowest BCUT2D eigenvalue weighted by atomic mass is 10.1. The molecule has 0 aliphatic rings. The first-order valence-electron chi connectivity index (χ1n) is 7.62. The highest BCUT2D eigenvalue weighted by Crippen LogP contribution is 2.24. The summed E-state index contributed by atoms with van der Waals surface area (Å²) in [5.74, 6) is 1.19. The van der Waals surface area contributed by atoms with Crippen LogP contribution in [-0.2, 0) is 4.43 Å². The Hall–Kier alpha value is -0.963. The number of rotatable bonds is 11. The monoisotopic (exact) mass is 295 g/mol. The maximum Gasteiger partial charge on any atom is 0.241 e. The average Bonchev–Trinajstić information content (AvgIpc) is 2.32. The van der Waals surface area contributed by atoms with Crippen molar-refractivity contribution in [3.8, 4) is 0 Å². The fraction of sp³-hybridized carbons (Fsp3) is 0.647. The normalized spacial score (nSPS) is 12.7. The van der Waals surface area contributed by atoms with Crippen molar-refractivity contribution in [3.05, 3.63) is 36.8 Å². The van der Waals surface area contributed by atoms with Gasteiger partial charge in [0.05, 0.1) is 5.76 Å². The number of unbranched alkanes of at least 4 members (excludes halogenated alkanes) is 2. The van der Waals surface area contributed by atoms with Crippen LogP contribution in [0.4, 0.5) is 0 Å². The molecule has 0 unspecified atom stereocenters. The molecule has 0 aromatic rings. The van der Waals surface area contributed by atoms with Gasteiger partial charge in [-0.3, -0.25) is 0 Å². The van der Waals surface area contributed by atoms with E-state index in [2.05, 4.69) is 51.8 Å². The molecule has 0 saturated heterocycles. The van der Waals surface area contributed by atoms with E-state index in [0.29, 0.717) is 0 Å². The minimum atomic E-state index is -1.57. The van der Waals surface area contributed by atoms with E-state index in [1.165, 1.54) is 11.5 Å². The zero-order valence-electron chi connectivity index (χ0n) is 14.2. The summed E-state index contributed by atoms with van der Waals surface area (Å²) in [6.45, 7) is 14.3. The number of nitrogens with zero attached hydrogens (tertiary/aromatic N) is 1. The molecule has 0 bridgehead atoms. The van der Waals surface area contributed by atoms with Crippen LogP contribution in [0, 0.1) is 0 Å². The number of hydrogen-bond donors (Lipinski definition) is 0. The van der Waals surface area contributed by atoms with Crippen molar-refractivity contribution in [2.75, 3.05) is 14.1 Å². The molecule has 0 aromatic heterocycles. The van der Waals surface area contributed by atoms with E-state index in [1.807, 2.05) is 12.2 Å².